The predicted octanol–water partition coefficient (Wildman–Crippen LogP) is 14.1. The number of nitrogen functional groups attached to an aromatic ring is 2. The van der Waals surface area contributed by atoms with Crippen LogP contribution in [-0.4, -0.2) is 99.7 Å². The van der Waals surface area contributed by atoms with Crippen LogP contribution in [0.3, 0.4) is 0 Å². The Labute approximate surface area is 521 Å². The molecule has 0 bridgehead atoms. The summed E-state index contributed by atoms with van der Waals surface area (Å²) in [4.78, 5) is 65.3. The number of amidine groups is 2. The molecule has 3 amide bonds. The Morgan fingerprint density at radius 1 is 0.460 bits per heavy atom. The van der Waals surface area contributed by atoms with Gasteiger partial charge in [0.1, 0.15) is 11.7 Å². The fourth-order valence-electron chi connectivity index (χ4n) is 14.4. The van der Waals surface area contributed by atoms with E-state index in [9.17, 15) is 24.0 Å². The van der Waals surface area contributed by atoms with Gasteiger partial charge in [-0.1, -0.05) is 63.8 Å². The average Bonchev–Trinajstić information content (AvgIpc) is 3.21. The minimum atomic E-state index is -0.696. The van der Waals surface area contributed by atoms with Gasteiger partial charge in [0, 0.05) is 79.1 Å². The number of hydrogen-bond acceptors (Lipinski definition) is 9. The van der Waals surface area contributed by atoms with Crippen molar-refractivity contribution in [3.63, 3.8) is 0 Å². The minimum Gasteiger partial charge on any atom is -0.481 e. The zero-order valence-corrected chi connectivity index (χ0v) is 52.2. The van der Waals surface area contributed by atoms with E-state index in [1.165, 1.54) is 89.2 Å². The summed E-state index contributed by atoms with van der Waals surface area (Å²) < 4.78 is 0. The Hall–Kier alpha value is -7.36. The number of carboxylic acids is 1. The second-order valence-corrected chi connectivity index (χ2v) is 26.2. The van der Waals surface area contributed by atoms with E-state index >= 15 is 0 Å². The smallest absolute Gasteiger partial charge is 0.303 e. The molecule has 3 aliphatic heterocycles. The summed E-state index contributed by atoms with van der Waals surface area (Å²) in [5.74, 6) is 2.07. The summed E-state index contributed by atoms with van der Waals surface area (Å²) in [7, 11) is 0. The first-order valence-corrected chi connectivity index (χ1v) is 32.4. The molecule has 3 aliphatic carbocycles. The summed E-state index contributed by atoms with van der Waals surface area (Å²) in [6, 6.07) is 31.2. The zero-order valence-electron chi connectivity index (χ0n) is 51.4. The molecule has 7 N–H and O–H groups in total. The van der Waals surface area contributed by atoms with Gasteiger partial charge in [-0.25, -0.2) is 0 Å². The monoisotopic (exact) mass is 1200 g/mol. The number of carboxylic acid groups (broad SMARTS) is 1. The summed E-state index contributed by atoms with van der Waals surface area (Å²) >= 11 is 5.18. The molecule has 16 heteroatoms. The Morgan fingerprint density at radius 2 is 0.713 bits per heavy atom. The topological polar surface area (TPSA) is 263 Å². The summed E-state index contributed by atoms with van der Waals surface area (Å²) in [6.45, 7) is 9.68. The number of halogens is 1. The lowest BCUT2D eigenvalue weighted by Crippen LogP contribution is -2.44. The molecule has 10 rings (SSSR count). The van der Waals surface area contributed by atoms with Crippen molar-refractivity contribution >= 4 is 52.2 Å². The second kappa shape index (κ2) is 32.0. The number of aliphatic carboxylic acids is 1. The number of nitrogens with two attached hydrogens (primary N) is 2. The molecule has 87 heavy (non-hydrogen) atoms. The number of nitrogens with zero attached hydrogens (tertiary/aromatic N) is 5. The van der Waals surface area contributed by atoms with Crippen molar-refractivity contribution in [3.05, 3.63) is 142 Å². The summed E-state index contributed by atoms with van der Waals surface area (Å²) in [5, 5.41) is 40.5. The quantitative estimate of drug-likeness (QED) is 0.0480. The van der Waals surface area contributed by atoms with E-state index < -0.39 is 11.2 Å². The number of rotatable bonds is 13. The number of hydrogen-bond donors (Lipinski definition) is 5. The molecule has 3 heterocycles. The lowest BCUT2D eigenvalue weighted by atomic mass is 9.65. The van der Waals surface area contributed by atoms with Crippen molar-refractivity contribution in [1.29, 1.82) is 21.3 Å². The third-order valence-corrected chi connectivity index (χ3v) is 20.6. The number of likely N-dealkylation sites (tertiary alicyclic amines) is 3. The van der Waals surface area contributed by atoms with Gasteiger partial charge in [-0.3, -0.25) is 34.8 Å². The molecule has 0 radical (unpaired) electrons. The van der Waals surface area contributed by atoms with Crippen LogP contribution in [0, 0.1) is 67.5 Å². The fourth-order valence-corrected chi connectivity index (χ4v) is 14.6. The second-order valence-electron chi connectivity index (χ2n) is 25.9. The largest absolute Gasteiger partial charge is 0.481 e. The van der Waals surface area contributed by atoms with Crippen LogP contribution in [0.25, 0.3) is 0 Å². The Bertz CT molecular complexity index is 3020. The number of nitrogens with one attached hydrogen (secondary N) is 2. The van der Waals surface area contributed by atoms with E-state index in [0.717, 1.165) is 122 Å². The number of nitriles is 2. The fraction of sp³-hybridized carbons (Fsp3) is 0.535. The molecule has 3 spiro atoms. The molecule has 4 aromatic carbocycles. The molecular formula is C71H92ClN9O6. The van der Waals surface area contributed by atoms with Crippen molar-refractivity contribution in [1.82, 2.24) is 14.7 Å². The first-order chi connectivity index (χ1) is 41.8. The van der Waals surface area contributed by atoms with E-state index in [-0.39, 0.29) is 35.8 Å². The number of carbonyl (C=O) groups is 5. The van der Waals surface area contributed by atoms with Crippen LogP contribution in [0.5, 0.6) is 0 Å². The molecule has 6 aliphatic rings. The maximum atomic E-state index is 12.7. The molecule has 6 fully saturated rings. The lowest BCUT2D eigenvalue weighted by molar-refractivity contribution is -0.137. The van der Waals surface area contributed by atoms with Gasteiger partial charge in [0.2, 0.25) is 0 Å². The van der Waals surface area contributed by atoms with Gasteiger partial charge in [-0.2, -0.15) is 10.5 Å². The van der Waals surface area contributed by atoms with Crippen LogP contribution in [0.4, 0.5) is 0 Å². The summed E-state index contributed by atoms with van der Waals surface area (Å²) in [6.07, 6.45) is 28.7. The molecule has 3 saturated heterocycles. The standard InChI is InChI=1S/C21H29N3O3.C21H31N3O.C21H28N2O.C8H4ClNO/c22-19(23)16-2-4-17(5-3-16)20(27)24-13-11-21(12-14-24)9-7-15(8-10-21)1-6-18(25)26;1-2-3-16-8-10-21(11-9-16)12-14-24(15-13-21)20(25)18-6-4-17(5-7-18)19(22)23;1-2-3-17-8-10-21(11-9-17)12-14-23(15-13-21)20(24)19-6-4-18(16-22)5-7-19;9-8(11)7-3-1-6(5-10)2-4-7/h2-5,15H,1,6-14H2,(H3,22,23)(H,25,26);4-7,16H,2-3,8-15H2,1H3,(H3,22,23);4-7,17H,2-3,8-15H2,1H3;1-4H. The normalized spacial score (nSPS) is 19.5. The van der Waals surface area contributed by atoms with Crippen molar-refractivity contribution < 1.29 is 29.1 Å². The first kappa shape index (κ1) is 67.2. The Kier molecular flexibility index (Phi) is 24.7. The molecule has 0 atom stereocenters. The molecule has 15 nitrogen and oxygen atoms in total. The number of carbonyl (C=O) groups excluding carboxylic acids is 4. The Morgan fingerprint density at radius 3 is 0.954 bits per heavy atom. The molecule has 0 aromatic heterocycles. The first-order valence-electron chi connectivity index (χ1n) is 32.0. The van der Waals surface area contributed by atoms with Gasteiger partial charge in [-0.15, -0.1) is 0 Å². The maximum absolute atomic E-state index is 12.7. The van der Waals surface area contributed by atoms with Gasteiger partial charge >= 0.3 is 5.97 Å². The maximum Gasteiger partial charge on any atom is 0.303 e. The number of benzene rings is 4. The van der Waals surface area contributed by atoms with Gasteiger partial charge in [-0.05, 0) is 240 Å². The van der Waals surface area contributed by atoms with Gasteiger partial charge in [0.25, 0.3) is 23.0 Å². The lowest BCUT2D eigenvalue weighted by Gasteiger charge is -2.46. The predicted molar refractivity (Wildman–Crippen MR) is 343 cm³/mol. The molecule has 464 valence electrons. The molecule has 3 saturated carbocycles. The third kappa shape index (κ3) is 19.1. The van der Waals surface area contributed by atoms with Gasteiger partial charge in [0.05, 0.1) is 23.3 Å². The van der Waals surface area contributed by atoms with E-state index in [2.05, 4.69) is 19.9 Å². The van der Waals surface area contributed by atoms with E-state index in [0.29, 0.717) is 66.7 Å². The minimum absolute atomic E-state index is 0.00729. The number of piperidine rings is 3. The SMILES string of the molecule is CCCC1CCC2(CC1)CCN(C(=O)c1ccc(C#N)cc1)CC2.CCCC1CCC2(CC1)CCN(C(=O)c1ccc(C(=N)N)cc1)CC2.N#Cc1ccc(C(=O)Cl)cc1.N=C(N)c1ccc(C(=O)N2CCC3(CCC(CCC(=O)O)CC3)CC2)cc1. The van der Waals surface area contributed by atoms with Crippen molar-refractivity contribution in [3.8, 4) is 12.1 Å². The van der Waals surface area contributed by atoms with E-state index in [1.807, 2.05) is 20.8 Å². The van der Waals surface area contributed by atoms with Crippen molar-refractivity contribution in [2.75, 3.05) is 39.3 Å². The van der Waals surface area contributed by atoms with E-state index in [1.54, 1.807) is 84.9 Å². The van der Waals surface area contributed by atoms with Gasteiger partial charge < -0.3 is 31.3 Å². The highest BCUT2D eigenvalue weighted by atomic mass is 35.5. The Balaban J connectivity index is 0.000000172. The highest BCUT2D eigenvalue weighted by Crippen LogP contribution is 2.50. The third-order valence-electron chi connectivity index (χ3n) is 20.4. The van der Waals surface area contributed by atoms with E-state index in [4.69, 9.17) is 49.5 Å². The zero-order chi connectivity index (χ0) is 62.6. The van der Waals surface area contributed by atoms with Crippen LogP contribution < -0.4 is 11.5 Å². The highest BCUT2D eigenvalue weighted by molar-refractivity contribution is 6.67. The molecular weight excluding hydrogens is 1110 g/mol. The molecule has 0 unspecified atom stereocenters. The van der Waals surface area contributed by atoms with Crippen molar-refractivity contribution in [2.24, 2.45) is 45.5 Å². The van der Waals surface area contributed by atoms with Crippen LogP contribution in [-0.2, 0) is 4.79 Å². The summed E-state index contributed by atoms with van der Waals surface area (Å²) in [5.41, 5.74) is 17.2. The molecule has 4 aromatic rings. The van der Waals surface area contributed by atoms with Crippen LogP contribution >= 0.6 is 11.6 Å². The van der Waals surface area contributed by atoms with Crippen LogP contribution in [0.1, 0.15) is 232 Å². The number of amides is 3. The van der Waals surface area contributed by atoms with Crippen LogP contribution in [0.15, 0.2) is 97.1 Å². The average molecular weight is 1200 g/mol. The van der Waals surface area contributed by atoms with Crippen molar-refractivity contribution in [2.45, 2.75) is 168 Å². The van der Waals surface area contributed by atoms with Crippen LogP contribution in [0.2, 0.25) is 0 Å². The van der Waals surface area contributed by atoms with Gasteiger partial charge in [0.15, 0.2) is 0 Å². The highest BCUT2D eigenvalue weighted by Gasteiger charge is 2.42.